The molecule has 2 aromatic carbocycles. The molecule has 4 heterocycles. The van der Waals surface area contributed by atoms with Gasteiger partial charge in [-0.3, -0.25) is 9.80 Å². The van der Waals surface area contributed by atoms with Crippen LogP contribution in [0.4, 0.5) is 4.79 Å². The van der Waals surface area contributed by atoms with E-state index in [0.717, 1.165) is 44.3 Å². The van der Waals surface area contributed by atoms with Crippen LogP contribution in [0.1, 0.15) is 48.9 Å². The molecule has 0 spiro atoms. The van der Waals surface area contributed by atoms with Gasteiger partial charge in [0.1, 0.15) is 6.10 Å². The molecular formula is C25H30N2O2. The Kier molecular flexibility index (Phi) is 5.04. The molecule has 3 fully saturated rings. The van der Waals surface area contributed by atoms with E-state index in [2.05, 4.69) is 60.4 Å². The van der Waals surface area contributed by atoms with E-state index in [4.69, 9.17) is 4.74 Å². The SMILES string of the molecule is CCC1[C@H](OC(=O)N2CCc3ccccc3C2c2ccccc2)C2CCN1CC2. The summed E-state index contributed by atoms with van der Waals surface area (Å²) in [6, 6.07) is 19.2. The number of hydrogen-bond acceptors (Lipinski definition) is 3. The number of piperidine rings is 3. The number of benzene rings is 2. The fourth-order valence-electron chi connectivity index (χ4n) is 5.71. The van der Waals surface area contributed by atoms with Gasteiger partial charge in [-0.25, -0.2) is 4.79 Å². The Balaban J connectivity index is 1.44. The summed E-state index contributed by atoms with van der Waals surface area (Å²) >= 11 is 0. The zero-order valence-corrected chi connectivity index (χ0v) is 17.2. The predicted molar refractivity (Wildman–Crippen MR) is 114 cm³/mol. The van der Waals surface area contributed by atoms with Gasteiger partial charge < -0.3 is 4.74 Å². The van der Waals surface area contributed by atoms with Crippen molar-refractivity contribution in [2.75, 3.05) is 19.6 Å². The van der Waals surface area contributed by atoms with E-state index in [0.29, 0.717) is 18.5 Å². The standard InChI is InChI=1S/C25H30N2O2/c1-2-22-24(20-12-15-26(22)16-13-20)29-25(28)27-17-14-18-8-6-7-11-21(18)23(27)19-9-4-3-5-10-19/h3-11,20,22-24H,2,12-17H2,1H3/t22?,23?,24-/m1/s1. The molecule has 29 heavy (non-hydrogen) atoms. The summed E-state index contributed by atoms with van der Waals surface area (Å²) in [4.78, 5) is 18.0. The second-order valence-corrected chi connectivity index (χ2v) is 8.65. The monoisotopic (exact) mass is 390 g/mol. The van der Waals surface area contributed by atoms with E-state index in [1.54, 1.807) is 0 Å². The smallest absolute Gasteiger partial charge is 0.410 e. The molecule has 2 bridgehead atoms. The van der Waals surface area contributed by atoms with Crippen molar-refractivity contribution in [1.82, 2.24) is 9.80 Å². The average Bonchev–Trinajstić information content (AvgIpc) is 2.79. The van der Waals surface area contributed by atoms with Crippen LogP contribution >= 0.6 is 0 Å². The molecule has 1 amide bonds. The summed E-state index contributed by atoms with van der Waals surface area (Å²) in [5, 5.41) is 0. The molecule has 0 saturated carbocycles. The second-order valence-electron chi connectivity index (χ2n) is 8.65. The van der Waals surface area contributed by atoms with Crippen molar-refractivity contribution in [2.24, 2.45) is 5.92 Å². The molecule has 0 aromatic heterocycles. The van der Waals surface area contributed by atoms with Gasteiger partial charge in [-0.05, 0) is 55.5 Å². The van der Waals surface area contributed by atoms with Crippen molar-refractivity contribution in [1.29, 1.82) is 0 Å². The summed E-state index contributed by atoms with van der Waals surface area (Å²) in [7, 11) is 0. The Labute approximate surface area is 173 Å². The predicted octanol–water partition coefficient (Wildman–Crippen LogP) is 4.64. The van der Waals surface area contributed by atoms with E-state index < -0.39 is 0 Å². The molecule has 4 heteroatoms. The van der Waals surface area contributed by atoms with Crippen molar-refractivity contribution in [3.8, 4) is 0 Å². The fourth-order valence-corrected chi connectivity index (χ4v) is 5.71. The number of nitrogens with zero attached hydrogens (tertiary/aromatic N) is 2. The molecule has 3 atom stereocenters. The van der Waals surface area contributed by atoms with E-state index in [-0.39, 0.29) is 18.2 Å². The van der Waals surface area contributed by atoms with Gasteiger partial charge in [0.2, 0.25) is 0 Å². The minimum absolute atomic E-state index is 0.0311. The molecule has 2 unspecified atom stereocenters. The molecule has 4 aliphatic rings. The third kappa shape index (κ3) is 3.33. The number of hydrogen-bond donors (Lipinski definition) is 0. The van der Waals surface area contributed by atoms with Crippen molar-refractivity contribution >= 4 is 6.09 Å². The van der Waals surface area contributed by atoms with Crippen LogP contribution in [0.15, 0.2) is 54.6 Å². The molecule has 4 nitrogen and oxygen atoms in total. The molecule has 2 aromatic rings. The van der Waals surface area contributed by atoms with Crippen molar-refractivity contribution in [3.05, 3.63) is 71.3 Å². The first kappa shape index (κ1) is 18.7. The van der Waals surface area contributed by atoms with Crippen molar-refractivity contribution < 1.29 is 9.53 Å². The normalized spacial score (nSPS) is 30.7. The van der Waals surface area contributed by atoms with Crippen LogP contribution < -0.4 is 0 Å². The van der Waals surface area contributed by atoms with Crippen molar-refractivity contribution in [2.45, 2.75) is 50.8 Å². The second kappa shape index (κ2) is 7.83. The quantitative estimate of drug-likeness (QED) is 0.765. The number of rotatable bonds is 3. The Morgan fingerprint density at radius 2 is 1.72 bits per heavy atom. The Morgan fingerprint density at radius 3 is 2.48 bits per heavy atom. The molecular weight excluding hydrogens is 360 g/mol. The maximum atomic E-state index is 13.5. The highest BCUT2D eigenvalue weighted by Crippen LogP contribution is 2.39. The summed E-state index contributed by atoms with van der Waals surface area (Å²) in [5.41, 5.74) is 3.71. The lowest BCUT2D eigenvalue weighted by Gasteiger charge is -2.50. The Morgan fingerprint density at radius 1 is 1.00 bits per heavy atom. The third-order valence-electron chi connectivity index (χ3n) is 7.18. The van der Waals surface area contributed by atoms with Gasteiger partial charge in [-0.2, -0.15) is 0 Å². The summed E-state index contributed by atoms with van der Waals surface area (Å²) < 4.78 is 6.28. The molecule has 0 N–H and O–H groups in total. The highest BCUT2D eigenvalue weighted by Gasteiger charge is 2.45. The first-order valence-electron chi connectivity index (χ1n) is 11.1. The molecule has 6 rings (SSSR count). The van der Waals surface area contributed by atoms with Gasteiger partial charge in [-0.15, -0.1) is 0 Å². The zero-order chi connectivity index (χ0) is 19.8. The first-order valence-corrected chi connectivity index (χ1v) is 11.1. The summed E-state index contributed by atoms with van der Waals surface area (Å²) in [6.07, 6.45) is 4.11. The highest BCUT2D eigenvalue weighted by atomic mass is 16.6. The fraction of sp³-hybridized carbons (Fsp3) is 0.480. The minimum atomic E-state index is -0.148. The third-order valence-corrected chi connectivity index (χ3v) is 7.18. The van der Waals surface area contributed by atoms with Crippen LogP contribution in [0.5, 0.6) is 0 Å². The minimum Gasteiger partial charge on any atom is -0.444 e. The lowest BCUT2D eigenvalue weighted by atomic mass is 9.79. The van der Waals surface area contributed by atoms with Gasteiger partial charge in [0.05, 0.1) is 6.04 Å². The van der Waals surface area contributed by atoms with Crippen LogP contribution in [-0.2, 0) is 11.2 Å². The molecule has 3 saturated heterocycles. The van der Waals surface area contributed by atoms with Gasteiger partial charge in [0.15, 0.2) is 0 Å². The number of carbonyl (C=O) groups is 1. The first-order chi connectivity index (χ1) is 14.3. The highest BCUT2D eigenvalue weighted by molar-refractivity contribution is 5.70. The van der Waals surface area contributed by atoms with Gasteiger partial charge in [0, 0.05) is 18.5 Å². The van der Waals surface area contributed by atoms with Gasteiger partial charge in [-0.1, -0.05) is 61.5 Å². The number of amides is 1. The van der Waals surface area contributed by atoms with E-state index in [1.807, 2.05) is 11.0 Å². The molecule has 0 aliphatic carbocycles. The van der Waals surface area contributed by atoms with E-state index >= 15 is 0 Å². The van der Waals surface area contributed by atoms with Crippen LogP contribution in [0.25, 0.3) is 0 Å². The van der Waals surface area contributed by atoms with Crippen LogP contribution in [0.2, 0.25) is 0 Å². The Hall–Kier alpha value is -2.33. The molecule has 0 radical (unpaired) electrons. The zero-order valence-electron chi connectivity index (χ0n) is 17.2. The van der Waals surface area contributed by atoms with Crippen molar-refractivity contribution in [3.63, 3.8) is 0 Å². The average molecular weight is 391 g/mol. The molecule has 4 aliphatic heterocycles. The number of fused-ring (bicyclic) bond motifs is 4. The van der Waals surface area contributed by atoms with E-state index in [9.17, 15) is 4.79 Å². The lowest BCUT2D eigenvalue weighted by Crippen LogP contribution is -2.59. The van der Waals surface area contributed by atoms with Gasteiger partial charge in [0.25, 0.3) is 0 Å². The topological polar surface area (TPSA) is 32.8 Å². The lowest BCUT2D eigenvalue weighted by molar-refractivity contribution is -0.0872. The van der Waals surface area contributed by atoms with Crippen LogP contribution in [-0.4, -0.2) is 47.7 Å². The molecule has 152 valence electrons. The van der Waals surface area contributed by atoms with Gasteiger partial charge >= 0.3 is 6.09 Å². The largest absolute Gasteiger partial charge is 0.444 e. The van der Waals surface area contributed by atoms with Crippen LogP contribution in [0.3, 0.4) is 0 Å². The summed E-state index contributed by atoms with van der Waals surface area (Å²) in [5.74, 6) is 0.515. The maximum Gasteiger partial charge on any atom is 0.410 e. The Bertz CT molecular complexity index is 860. The summed E-state index contributed by atoms with van der Waals surface area (Å²) in [6.45, 7) is 5.23. The maximum absolute atomic E-state index is 13.5. The van der Waals surface area contributed by atoms with E-state index in [1.165, 1.54) is 11.1 Å². The number of ether oxygens (including phenoxy) is 1. The number of carbonyl (C=O) groups excluding carboxylic acids is 1. The van der Waals surface area contributed by atoms with Crippen LogP contribution in [0, 0.1) is 5.92 Å².